The van der Waals surface area contributed by atoms with Crippen LogP contribution >= 0.6 is 0 Å². The minimum absolute atomic E-state index is 0.151. The second kappa shape index (κ2) is 5.76. The molecule has 23 heavy (non-hydrogen) atoms. The number of nitrogens with zero attached hydrogens (tertiary/aromatic N) is 3. The Morgan fingerprint density at radius 2 is 2.17 bits per heavy atom. The fourth-order valence-electron chi connectivity index (χ4n) is 3.24. The van der Waals surface area contributed by atoms with Crippen LogP contribution in [-0.4, -0.2) is 48.3 Å². The predicted octanol–water partition coefficient (Wildman–Crippen LogP) is 1.26. The summed E-state index contributed by atoms with van der Waals surface area (Å²) in [6, 6.07) is 1.91. The number of imidazole rings is 1. The van der Waals surface area contributed by atoms with Gasteiger partial charge in [0.2, 0.25) is 10.0 Å². The molecule has 0 aromatic carbocycles. The molecule has 1 unspecified atom stereocenters. The molecule has 0 bridgehead atoms. The molecular weight excluding hydrogens is 314 g/mol. The molecule has 0 spiro atoms. The lowest BCUT2D eigenvalue weighted by atomic mass is 9.98. The van der Waals surface area contributed by atoms with E-state index in [1.807, 2.05) is 6.07 Å². The van der Waals surface area contributed by atoms with Crippen molar-refractivity contribution in [2.75, 3.05) is 24.5 Å². The van der Waals surface area contributed by atoms with Gasteiger partial charge in [-0.3, -0.25) is 0 Å². The Balaban J connectivity index is 1.45. The Bertz CT molecular complexity index is 799. The molecule has 8 heteroatoms. The molecule has 7 nitrogen and oxygen atoms in total. The molecule has 124 valence electrons. The minimum Gasteiger partial charge on any atom is -0.354 e. The molecule has 1 atom stereocenters. The molecule has 2 aromatic heterocycles. The highest BCUT2D eigenvalue weighted by Crippen LogP contribution is 2.29. The van der Waals surface area contributed by atoms with E-state index in [4.69, 9.17) is 0 Å². The first-order chi connectivity index (χ1) is 11.1. The molecule has 1 saturated heterocycles. The van der Waals surface area contributed by atoms with Crippen molar-refractivity contribution in [3.63, 3.8) is 0 Å². The van der Waals surface area contributed by atoms with Crippen molar-refractivity contribution >= 4 is 26.9 Å². The number of hydrogen-bond donors (Lipinski definition) is 2. The largest absolute Gasteiger partial charge is 0.354 e. The van der Waals surface area contributed by atoms with Gasteiger partial charge in [-0.25, -0.2) is 23.1 Å². The number of aromatic amines is 1. The van der Waals surface area contributed by atoms with Gasteiger partial charge >= 0.3 is 0 Å². The topological polar surface area (TPSA) is 91.0 Å². The lowest BCUT2D eigenvalue weighted by Gasteiger charge is -2.33. The highest BCUT2D eigenvalue weighted by molar-refractivity contribution is 7.90. The number of fused-ring (bicyclic) bond motifs is 1. The van der Waals surface area contributed by atoms with Crippen LogP contribution in [0.4, 0.5) is 5.82 Å². The molecule has 0 radical (unpaired) electrons. The van der Waals surface area contributed by atoms with Crippen molar-refractivity contribution in [1.82, 2.24) is 19.7 Å². The maximum Gasteiger partial charge on any atom is 0.214 e. The fraction of sp³-hybridized carbons (Fsp3) is 0.600. The molecule has 2 fully saturated rings. The van der Waals surface area contributed by atoms with Gasteiger partial charge in [0.15, 0.2) is 5.82 Å². The summed E-state index contributed by atoms with van der Waals surface area (Å²) >= 11 is 0. The first-order valence-electron chi connectivity index (χ1n) is 8.15. The molecule has 1 saturated carbocycles. The molecule has 1 aliphatic carbocycles. The van der Waals surface area contributed by atoms with E-state index in [9.17, 15) is 8.42 Å². The third kappa shape index (κ3) is 3.05. The standard InChI is InChI=1S/C15H21N5O2S/c21-23(22,12-3-4-12)19-8-11-2-1-7-20(9-11)15-14-13(5-6-16-15)17-10-18-14/h5-6,10-12,19H,1-4,7-9H2,(H,17,18). The van der Waals surface area contributed by atoms with Crippen molar-refractivity contribution in [2.45, 2.75) is 30.9 Å². The quantitative estimate of drug-likeness (QED) is 0.858. The maximum atomic E-state index is 12.0. The van der Waals surface area contributed by atoms with Gasteiger partial charge < -0.3 is 9.88 Å². The van der Waals surface area contributed by atoms with Gasteiger partial charge in [0, 0.05) is 25.8 Å². The van der Waals surface area contributed by atoms with Crippen LogP contribution < -0.4 is 9.62 Å². The maximum absolute atomic E-state index is 12.0. The van der Waals surface area contributed by atoms with Gasteiger partial charge in [-0.1, -0.05) is 0 Å². The molecular formula is C15H21N5O2S. The Morgan fingerprint density at radius 3 is 3.00 bits per heavy atom. The summed E-state index contributed by atoms with van der Waals surface area (Å²) in [6.07, 6.45) is 7.16. The fourth-order valence-corrected chi connectivity index (χ4v) is 4.70. The molecule has 2 N–H and O–H groups in total. The van der Waals surface area contributed by atoms with Gasteiger partial charge in [-0.05, 0) is 37.7 Å². The van der Waals surface area contributed by atoms with Crippen LogP contribution in [0.15, 0.2) is 18.6 Å². The van der Waals surface area contributed by atoms with E-state index in [0.29, 0.717) is 12.5 Å². The lowest BCUT2D eigenvalue weighted by Crippen LogP contribution is -2.42. The average Bonchev–Trinajstić information content (AvgIpc) is 3.32. The summed E-state index contributed by atoms with van der Waals surface area (Å²) in [5.41, 5.74) is 1.86. The SMILES string of the molecule is O=S(=O)(NCC1CCCN(c2nccc3[nH]cnc23)C1)C1CC1. The zero-order chi connectivity index (χ0) is 15.9. The Morgan fingerprint density at radius 1 is 1.30 bits per heavy atom. The highest BCUT2D eigenvalue weighted by Gasteiger charge is 2.36. The van der Waals surface area contributed by atoms with Crippen LogP contribution in [0.5, 0.6) is 0 Å². The van der Waals surface area contributed by atoms with Gasteiger partial charge in [0.25, 0.3) is 0 Å². The monoisotopic (exact) mass is 335 g/mol. The predicted molar refractivity (Wildman–Crippen MR) is 88.8 cm³/mol. The summed E-state index contributed by atoms with van der Waals surface area (Å²) in [7, 11) is -3.10. The van der Waals surface area contributed by atoms with E-state index in [0.717, 1.165) is 55.6 Å². The number of pyridine rings is 1. The van der Waals surface area contributed by atoms with Gasteiger partial charge in [0.1, 0.15) is 5.52 Å². The van der Waals surface area contributed by atoms with E-state index < -0.39 is 10.0 Å². The van der Waals surface area contributed by atoms with Gasteiger partial charge in [0.05, 0.1) is 17.1 Å². The van der Waals surface area contributed by atoms with Crippen LogP contribution in [0.3, 0.4) is 0 Å². The second-order valence-electron chi connectivity index (χ2n) is 6.48. The van der Waals surface area contributed by atoms with E-state index in [1.54, 1.807) is 12.5 Å². The van der Waals surface area contributed by atoms with Crippen LogP contribution in [-0.2, 0) is 10.0 Å². The normalized spacial score (nSPS) is 22.6. The first kappa shape index (κ1) is 14.9. The number of H-pyrrole nitrogens is 1. The Kier molecular flexibility index (Phi) is 3.73. The van der Waals surface area contributed by atoms with Crippen molar-refractivity contribution in [3.05, 3.63) is 18.6 Å². The summed E-state index contributed by atoms with van der Waals surface area (Å²) in [5.74, 6) is 1.20. The summed E-state index contributed by atoms with van der Waals surface area (Å²) in [5, 5.41) is -0.151. The zero-order valence-electron chi connectivity index (χ0n) is 12.9. The number of hydrogen-bond acceptors (Lipinski definition) is 5. The number of sulfonamides is 1. The van der Waals surface area contributed by atoms with Crippen molar-refractivity contribution in [2.24, 2.45) is 5.92 Å². The smallest absolute Gasteiger partial charge is 0.214 e. The highest BCUT2D eigenvalue weighted by atomic mass is 32.2. The van der Waals surface area contributed by atoms with E-state index in [-0.39, 0.29) is 5.25 Å². The first-order valence-corrected chi connectivity index (χ1v) is 9.69. The molecule has 3 heterocycles. The van der Waals surface area contributed by atoms with E-state index in [1.165, 1.54) is 0 Å². The van der Waals surface area contributed by atoms with Crippen molar-refractivity contribution in [1.29, 1.82) is 0 Å². The average molecular weight is 335 g/mol. The molecule has 4 rings (SSSR count). The second-order valence-corrected chi connectivity index (χ2v) is 8.53. The summed E-state index contributed by atoms with van der Waals surface area (Å²) in [6.45, 7) is 2.27. The molecule has 2 aromatic rings. The Labute approximate surface area is 135 Å². The number of piperidine rings is 1. The summed E-state index contributed by atoms with van der Waals surface area (Å²) in [4.78, 5) is 14.2. The van der Waals surface area contributed by atoms with Crippen molar-refractivity contribution < 1.29 is 8.42 Å². The van der Waals surface area contributed by atoms with Crippen LogP contribution in [0, 0.1) is 5.92 Å². The van der Waals surface area contributed by atoms with Crippen LogP contribution in [0.25, 0.3) is 11.0 Å². The third-order valence-electron chi connectivity index (χ3n) is 4.67. The number of anilines is 1. The lowest BCUT2D eigenvalue weighted by molar-refractivity contribution is 0.409. The zero-order valence-corrected chi connectivity index (χ0v) is 13.7. The number of rotatable bonds is 5. The van der Waals surface area contributed by atoms with Crippen LogP contribution in [0.2, 0.25) is 0 Å². The Hall–Kier alpha value is -1.67. The van der Waals surface area contributed by atoms with E-state index in [2.05, 4.69) is 24.6 Å². The third-order valence-corrected chi connectivity index (χ3v) is 6.59. The molecule has 2 aliphatic rings. The van der Waals surface area contributed by atoms with Gasteiger partial charge in [-0.2, -0.15) is 0 Å². The van der Waals surface area contributed by atoms with Crippen LogP contribution in [0.1, 0.15) is 25.7 Å². The number of nitrogens with one attached hydrogen (secondary N) is 2. The van der Waals surface area contributed by atoms with Crippen molar-refractivity contribution in [3.8, 4) is 0 Å². The molecule has 0 amide bonds. The summed E-state index contributed by atoms with van der Waals surface area (Å²) < 4.78 is 26.7. The number of aromatic nitrogens is 3. The van der Waals surface area contributed by atoms with E-state index >= 15 is 0 Å². The minimum atomic E-state index is -3.10. The van der Waals surface area contributed by atoms with Gasteiger partial charge in [-0.15, -0.1) is 0 Å². The molecule has 1 aliphatic heterocycles.